The van der Waals surface area contributed by atoms with E-state index in [9.17, 15) is 0 Å². The second kappa shape index (κ2) is 7.24. The molecule has 4 aromatic rings. The molecule has 3 N–H and O–H groups in total. The Morgan fingerprint density at radius 1 is 1.29 bits per heavy atom. The fourth-order valence-electron chi connectivity index (χ4n) is 4.00. The first-order valence-electron chi connectivity index (χ1n) is 9.06. The quantitative estimate of drug-likeness (QED) is 0.525. The van der Waals surface area contributed by atoms with Gasteiger partial charge in [0.15, 0.2) is 0 Å². The first-order chi connectivity index (χ1) is 13.2. The van der Waals surface area contributed by atoms with Crippen molar-refractivity contribution < 1.29 is 4.74 Å². The van der Waals surface area contributed by atoms with Gasteiger partial charge in [-0.3, -0.25) is 0 Å². The van der Waals surface area contributed by atoms with Crippen LogP contribution in [-0.2, 0) is 0 Å². The van der Waals surface area contributed by atoms with Crippen molar-refractivity contribution in [3.8, 4) is 16.2 Å². The Morgan fingerprint density at radius 3 is 2.89 bits per heavy atom. The van der Waals surface area contributed by atoms with Crippen LogP contribution in [0.15, 0.2) is 30.7 Å². The molecular formula is C20H22ClN5OS. The molecule has 4 heterocycles. The number of ether oxygens (including phenoxy) is 1. The van der Waals surface area contributed by atoms with E-state index in [1.165, 1.54) is 10.9 Å². The second-order valence-electron chi connectivity index (χ2n) is 7.05. The maximum absolute atomic E-state index is 6.28. The summed E-state index contributed by atoms with van der Waals surface area (Å²) in [4.78, 5) is 9.97. The lowest BCUT2D eigenvalue weighted by Crippen LogP contribution is -2.13. The van der Waals surface area contributed by atoms with E-state index in [1.54, 1.807) is 24.8 Å². The number of fused-ring (bicyclic) bond motifs is 2. The number of aromatic nitrogens is 3. The van der Waals surface area contributed by atoms with Crippen LogP contribution < -0.4 is 15.8 Å². The summed E-state index contributed by atoms with van der Waals surface area (Å²) >= 11 is 1.72. The molecule has 8 heteroatoms. The van der Waals surface area contributed by atoms with Gasteiger partial charge in [-0.1, -0.05) is 6.07 Å². The van der Waals surface area contributed by atoms with Crippen molar-refractivity contribution in [2.45, 2.75) is 19.4 Å². The van der Waals surface area contributed by atoms with Crippen LogP contribution in [0.5, 0.6) is 5.75 Å². The predicted octanol–water partition coefficient (Wildman–Crippen LogP) is 4.17. The number of anilines is 1. The van der Waals surface area contributed by atoms with Crippen molar-refractivity contribution in [3.63, 3.8) is 0 Å². The Hall–Kier alpha value is -2.35. The van der Waals surface area contributed by atoms with Gasteiger partial charge in [0.1, 0.15) is 23.5 Å². The monoisotopic (exact) mass is 415 g/mol. The number of thiophene rings is 1. The van der Waals surface area contributed by atoms with Crippen molar-refractivity contribution in [1.82, 2.24) is 19.9 Å². The third-order valence-corrected chi connectivity index (χ3v) is 6.48. The van der Waals surface area contributed by atoms with E-state index < -0.39 is 0 Å². The van der Waals surface area contributed by atoms with Crippen LogP contribution in [0.1, 0.15) is 18.0 Å². The van der Waals surface area contributed by atoms with Crippen LogP contribution in [-0.4, -0.2) is 34.7 Å². The fourth-order valence-corrected chi connectivity index (χ4v) is 5.15. The molecule has 1 aromatic carbocycles. The second-order valence-corrected chi connectivity index (χ2v) is 8.10. The highest BCUT2D eigenvalue weighted by Crippen LogP contribution is 2.43. The summed E-state index contributed by atoms with van der Waals surface area (Å²) in [5, 5.41) is 5.56. The fraction of sp³-hybridized carbons (Fsp3) is 0.300. The van der Waals surface area contributed by atoms with Crippen molar-refractivity contribution in [3.05, 3.63) is 36.3 Å². The van der Waals surface area contributed by atoms with Gasteiger partial charge in [-0.15, -0.1) is 23.7 Å². The van der Waals surface area contributed by atoms with Gasteiger partial charge in [0.05, 0.1) is 17.2 Å². The first kappa shape index (κ1) is 19.0. The van der Waals surface area contributed by atoms with Crippen molar-refractivity contribution >= 4 is 50.7 Å². The van der Waals surface area contributed by atoms with Gasteiger partial charge in [0, 0.05) is 29.2 Å². The van der Waals surface area contributed by atoms with E-state index in [-0.39, 0.29) is 12.4 Å². The number of nitrogen functional groups attached to an aromatic ring is 1. The molecule has 0 radical (unpaired) electrons. The van der Waals surface area contributed by atoms with Gasteiger partial charge >= 0.3 is 0 Å². The number of hydrogen-bond acceptors (Lipinski definition) is 6. The highest BCUT2D eigenvalue weighted by atomic mass is 35.5. The van der Waals surface area contributed by atoms with Crippen LogP contribution in [0.3, 0.4) is 0 Å². The van der Waals surface area contributed by atoms with Crippen LogP contribution in [0, 0.1) is 6.92 Å². The van der Waals surface area contributed by atoms with Crippen LogP contribution in [0.2, 0.25) is 0 Å². The molecule has 0 aliphatic carbocycles. The van der Waals surface area contributed by atoms with E-state index in [0.29, 0.717) is 11.9 Å². The Labute approximate surface area is 173 Å². The molecule has 3 aromatic heterocycles. The minimum Gasteiger partial charge on any atom is -0.495 e. The highest BCUT2D eigenvalue weighted by molar-refractivity contribution is 7.22. The number of aryl methyl sites for hydroxylation is 1. The number of halogens is 1. The molecular weight excluding hydrogens is 394 g/mol. The summed E-state index contributed by atoms with van der Waals surface area (Å²) < 4.78 is 9.01. The summed E-state index contributed by atoms with van der Waals surface area (Å²) in [5.41, 5.74) is 9.47. The predicted molar refractivity (Wildman–Crippen MR) is 118 cm³/mol. The third kappa shape index (κ3) is 2.90. The zero-order chi connectivity index (χ0) is 18.5. The molecule has 0 amide bonds. The maximum atomic E-state index is 6.28. The lowest BCUT2D eigenvalue weighted by Gasteiger charge is -2.11. The number of nitrogens with two attached hydrogens (primary N) is 1. The zero-order valence-corrected chi connectivity index (χ0v) is 17.4. The van der Waals surface area contributed by atoms with Crippen LogP contribution >= 0.6 is 23.7 Å². The molecule has 1 atom stereocenters. The molecule has 0 unspecified atom stereocenters. The molecule has 0 saturated carbocycles. The molecule has 0 spiro atoms. The maximum Gasteiger partial charge on any atom is 0.146 e. The highest BCUT2D eigenvalue weighted by Gasteiger charge is 2.23. The van der Waals surface area contributed by atoms with Crippen LogP contribution in [0.4, 0.5) is 5.82 Å². The average Bonchev–Trinajstić information content (AvgIpc) is 3.38. The molecule has 6 nitrogen and oxygen atoms in total. The molecule has 1 aliphatic heterocycles. The minimum atomic E-state index is 0. The number of rotatable bonds is 3. The Balaban J connectivity index is 0.00000192. The van der Waals surface area contributed by atoms with Gasteiger partial charge < -0.3 is 20.4 Å². The molecule has 146 valence electrons. The van der Waals surface area contributed by atoms with E-state index >= 15 is 0 Å². The van der Waals surface area contributed by atoms with Gasteiger partial charge in [0.2, 0.25) is 0 Å². The lowest BCUT2D eigenvalue weighted by atomic mass is 10.1. The number of methoxy groups -OCH3 is 1. The number of nitrogens with zero attached hydrogens (tertiary/aromatic N) is 3. The summed E-state index contributed by atoms with van der Waals surface area (Å²) in [7, 11) is 1.72. The van der Waals surface area contributed by atoms with E-state index in [0.717, 1.165) is 51.4 Å². The Bertz CT molecular complexity index is 1160. The van der Waals surface area contributed by atoms with Gasteiger partial charge in [-0.05, 0) is 43.0 Å². The molecule has 1 aliphatic rings. The number of hydrogen-bond donors (Lipinski definition) is 2. The van der Waals surface area contributed by atoms with Gasteiger partial charge in [-0.2, -0.15) is 0 Å². The van der Waals surface area contributed by atoms with E-state index in [2.05, 4.69) is 51.2 Å². The third-order valence-electron chi connectivity index (χ3n) is 5.28. The summed E-state index contributed by atoms with van der Waals surface area (Å²) in [5.74, 6) is 1.44. The average molecular weight is 416 g/mol. The Morgan fingerprint density at radius 2 is 2.14 bits per heavy atom. The SMILES string of the molecule is COc1cc(C)cc2cc(-c3cn([C@@H]4CCNC4)c4ncnc(N)c34)sc12.Cl. The Kier molecular flexibility index (Phi) is 4.91. The zero-order valence-electron chi connectivity index (χ0n) is 15.7. The van der Waals surface area contributed by atoms with Crippen molar-refractivity contribution in [2.75, 3.05) is 25.9 Å². The molecule has 0 bridgehead atoms. The van der Waals surface area contributed by atoms with Gasteiger partial charge in [0.25, 0.3) is 0 Å². The van der Waals surface area contributed by atoms with E-state index in [4.69, 9.17) is 10.5 Å². The molecule has 5 rings (SSSR count). The summed E-state index contributed by atoms with van der Waals surface area (Å²) in [6.45, 7) is 4.07. The first-order valence-corrected chi connectivity index (χ1v) is 9.87. The topological polar surface area (TPSA) is 78.0 Å². The lowest BCUT2D eigenvalue weighted by molar-refractivity contribution is 0.420. The number of benzene rings is 1. The summed E-state index contributed by atoms with van der Waals surface area (Å²) in [6, 6.07) is 6.88. The number of nitrogens with one attached hydrogen (secondary N) is 1. The normalized spacial score (nSPS) is 16.6. The van der Waals surface area contributed by atoms with Gasteiger partial charge in [-0.25, -0.2) is 9.97 Å². The standard InChI is InChI=1S/C20H21N5OS.ClH/c1-11-5-12-7-16(27-18(12)15(6-11)26-2)14-9-25(13-3-4-22-8-13)20-17(14)19(21)23-10-24-20;/h5-7,9-10,13,22H,3-4,8H2,1-2H3,(H2,21,23,24);1H/t13-;/m1./s1. The summed E-state index contributed by atoms with van der Waals surface area (Å²) in [6.07, 6.45) is 4.83. The molecule has 1 fully saturated rings. The molecule has 28 heavy (non-hydrogen) atoms. The smallest absolute Gasteiger partial charge is 0.146 e. The van der Waals surface area contributed by atoms with Crippen molar-refractivity contribution in [2.24, 2.45) is 0 Å². The van der Waals surface area contributed by atoms with E-state index in [1.807, 2.05) is 0 Å². The largest absolute Gasteiger partial charge is 0.495 e. The molecule has 1 saturated heterocycles. The van der Waals surface area contributed by atoms with Crippen molar-refractivity contribution in [1.29, 1.82) is 0 Å². The minimum absolute atomic E-state index is 0. The van der Waals surface area contributed by atoms with Crippen LogP contribution in [0.25, 0.3) is 31.6 Å².